The number of anilines is 2. The molecule has 0 bridgehead atoms. The summed E-state index contributed by atoms with van der Waals surface area (Å²) in [7, 11) is 3.04. The molecule has 1 aromatic rings. The molecule has 0 radical (unpaired) electrons. The van der Waals surface area contributed by atoms with Gasteiger partial charge < -0.3 is 10.2 Å². The van der Waals surface area contributed by atoms with Gasteiger partial charge in [0.25, 0.3) is 5.69 Å². The van der Waals surface area contributed by atoms with Gasteiger partial charge in [-0.2, -0.15) is 13.2 Å². The molecule has 1 aromatic carbocycles. The molecule has 0 aliphatic carbocycles. The Hall–Kier alpha value is -1.99. The Labute approximate surface area is 108 Å². The lowest BCUT2D eigenvalue weighted by Gasteiger charge is -2.20. The van der Waals surface area contributed by atoms with Crippen molar-refractivity contribution in [3.8, 4) is 0 Å². The Morgan fingerprint density at radius 3 is 2.47 bits per heavy atom. The first-order chi connectivity index (χ1) is 8.73. The van der Waals surface area contributed by atoms with E-state index >= 15 is 0 Å². The number of nitro benzene ring substituents is 1. The number of hydrogen-bond donors (Lipinski definition) is 1. The maximum Gasteiger partial charge on any atom is 0.390 e. The standard InChI is InChI=1S/C11H14F3N3O2/c1-15-8-5-9(7-10(6-8)17(18)19)16(2)4-3-11(12,13)14/h5-7,15H,3-4H2,1-2H3. The zero-order valence-electron chi connectivity index (χ0n) is 10.5. The molecule has 106 valence electrons. The van der Waals surface area contributed by atoms with Crippen molar-refractivity contribution in [3.05, 3.63) is 28.3 Å². The second kappa shape index (κ2) is 5.77. The van der Waals surface area contributed by atoms with Crippen LogP contribution in [0.25, 0.3) is 0 Å². The van der Waals surface area contributed by atoms with E-state index in [-0.39, 0.29) is 12.2 Å². The van der Waals surface area contributed by atoms with Crippen molar-refractivity contribution in [3.63, 3.8) is 0 Å². The molecular formula is C11H14F3N3O2. The predicted molar refractivity (Wildman–Crippen MR) is 66.6 cm³/mol. The molecule has 1 rings (SSSR count). The van der Waals surface area contributed by atoms with E-state index in [4.69, 9.17) is 0 Å². The van der Waals surface area contributed by atoms with Gasteiger partial charge in [0.15, 0.2) is 0 Å². The van der Waals surface area contributed by atoms with Crippen LogP contribution >= 0.6 is 0 Å². The summed E-state index contributed by atoms with van der Waals surface area (Å²) < 4.78 is 36.4. The highest BCUT2D eigenvalue weighted by atomic mass is 19.4. The van der Waals surface area contributed by atoms with Crippen LogP contribution in [0.2, 0.25) is 0 Å². The number of rotatable bonds is 5. The number of halogens is 3. The van der Waals surface area contributed by atoms with Gasteiger partial charge >= 0.3 is 6.18 Å². The number of nitro groups is 1. The Balaban J connectivity index is 2.92. The second-order valence-electron chi connectivity index (χ2n) is 4.03. The van der Waals surface area contributed by atoms with Crippen molar-refractivity contribution in [1.82, 2.24) is 0 Å². The highest BCUT2D eigenvalue weighted by molar-refractivity contribution is 5.64. The van der Waals surface area contributed by atoms with Crippen LogP contribution in [-0.4, -0.2) is 31.7 Å². The summed E-state index contributed by atoms with van der Waals surface area (Å²) in [6.07, 6.45) is -5.22. The third-order valence-corrected chi connectivity index (χ3v) is 2.57. The molecule has 0 fully saturated rings. The molecule has 19 heavy (non-hydrogen) atoms. The minimum absolute atomic E-state index is 0.166. The molecule has 0 heterocycles. The van der Waals surface area contributed by atoms with Crippen LogP contribution in [0.3, 0.4) is 0 Å². The number of non-ortho nitro benzene ring substituents is 1. The Morgan fingerprint density at radius 2 is 2.00 bits per heavy atom. The van der Waals surface area contributed by atoms with Gasteiger partial charge in [-0.3, -0.25) is 10.1 Å². The number of alkyl halides is 3. The van der Waals surface area contributed by atoms with Crippen LogP contribution < -0.4 is 10.2 Å². The Kier molecular flexibility index (Phi) is 4.57. The van der Waals surface area contributed by atoms with E-state index in [0.717, 1.165) is 0 Å². The minimum Gasteiger partial charge on any atom is -0.388 e. The zero-order valence-corrected chi connectivity index (χ0v) is 10.5. The summed E-state index contributed by atoms with van der Waals surface area (Å²) in [5, 5.41) is 13.5. The topological polar surface area (TPSA) is 58.4 Å². The van der Waals surface area contributed by atoms with Gasteiger partial charge in [-0.25, -0.2) is 0 Å². The first kappa shape index (κ1) is 15.1. The van der Waals surface area contributed by atoms with E-state index in [1.54, 1.807) is 13.1 Å². The smallest absolute Gasteiger partial charge is 0.388 e. The summed E-state index contributed by atoms with van der Waals surface area (Å²) in [4.78, 5) is 11.5. The van der Waals surface area contributed by atoms with Crippen molar-refractivity contribution in [2.45, 2.75) is 12.6 Å². The fourth-order valence-corrected chi connectivity index (χ4v) is 1.49. The Bertz CT molecular complexity index is 463. The number of benzene rings is 1. The van der Waals surface area contributed by atoms with E-state index in [1.165, 1.54) is 24.1 Å². The van der Waals surface area contributed by atoms with Gasteiger partial charge in [0.1, 0.15) is 0 Å². The lowest BCUT2D eigenvalue weighted by atomic mass is 10.2. The quantitative estimate of drug-likeness (QED) is 0.664. The molecule has 0 atom stereocenters. The van der Waals surface area contributed by atoms with Crippen LogP contribution in [-0.2, 0) is 0 Å². The van der Waals surface area contributed by atoms with Gasteiger partial charge in [-0.15, -0.1) is 0 Å². The molecular weight excluding hydrogens is 263 g/mol. The summed E-state index contributed by atoms with van der Waals surface area (Å²) in [6, 6.07) is 4.13. The van der Waals surface area contributed by atoms with E-state index in [0.29, 0.717) is 11.4 Å². The van der Waals surface area contributed by atoms with Crippen molar-refractivity contribution >= 4 is 17.1 Å². The summed E-state index contributed by atoms with van der Waals surface area (Å²) >= 11 is 0. The molecule has 0 unspecified atom stereocenters. The average Bonchev–Trinajstić information content (AvgIpc) is 2.34. The fourth-order valence-electron chi connectivity index (χ4n) is 1.49. The molecule has 5 nitrogen and oxygen atoms in total. The summed E-state index contributed by atoms with van der Waals surface area (Å²) in [6.45, 7) is -0.256. The summed E-state index contributed by atoms with van der Waals surface area (Å²) in [5.74, 6) is 0. The largest absolute Gasteiger partial charge is 0.390 e. The van der Waals surface area contributed by atoms with Gasteiger partial charge in [-0.1, -0.05) is 0 Å². The van der Waals surface area contributed by atoms with Gasteiger partial charge in [0.05, 0.1) is 11.3 Å². The minimum atomic E-state index is -4.25. The lowest BCUT2D eigenvalue weighted by molar-refractivity contribution is -0.384. The van der Waals surface area contributed by atoms with E-state index in [2.05, 4.69) is 5.32 Å². The maximum atomic E-state index is 12.1. The number of nitrogens with one attached hydrogen (secondary N) is 1. The Morgan fingerprint density at radius 1 is 1.37 bits per heavy atom. The average molecular weight is 277 g/mol. The fraction of sp³-hybridized carbons (Fsp3) is 0.455. The van der Waals surface area contributed by atoms with Crippen molar-refractivity contribution in [1.29, 1.82) is 0 Å². The molecule has 0 aliphatic rings. The van der Waals surface area contributed by atoms with Crippen LogP contribution in [0.1, 0.15) is 6.42 Å². The molecule has 1 N–H and O–H groups in total. The van der Waals surface area contributed by atoms with Crippen LogP contribution in [0.15, 0.2) is 18.2 Å². The van der Waals surface area contributed by atoms with Crippen molar-refractivity contribution in [2.75, 3.05) is 30.9 Å². The molecule has 0 saturated carbocycles. The molecule has 0 spiro atoms. The first-order valence-electron chi connectivity index (χ1n) is 5.48. The highest BCUT2D eigenvalue weighted by Crippen LogP contribution is 2.27. The van der Waals surface area contributed by atoms with E-state index in [9.17, 15) is 23.3 Å². The molecule has 0 aliphatic heterocycles. The molecule has 0 amide bonds. The zero-order chi connectivity index (χ0) is 14.6. The maximum absolute atomic E-state index is 12.1. The van der Waals surface area contributed by atoms with E-state index < -0.39 is 17.5 Å². The third kappa shape index (κ3) is 4.65. The second-order valence-corrected chi connectivity index (χ2v) is 4.03. The molecule has 0 saturated heterocycles. The highest BCUT2D eigenvalue weighted by Gasteiger charge is 2.27. The van der Waals surface area contributed by atoms with Crippen LogP contribution in [0.4, 0.5) is 30.2 Å². The lowest BCUT2D eigenvalue weighted by Crippen LogP contribution is -2.24. The normalized spacial score (nSPS) is 11.2. The predicted octanol–water partition coefficient (Wildman–Crippen LogP) is 3.03. The van der Waals surface area contributed by atoms with Gasteiger partial charge in [0, 0.05) is 44.1 Å². The van der Waals surface area contributed by atoms with E-state index in [1.807, 2.05) is 0 Å². The van der Waals surface area contributed by atoms with Crippen LogP contribution in [0.5, 0.6) is 0 Å². The summed E-state index contributed by atoms with van der Waals surface area (Å²) in [5.41, 5.74) is 0.673. The monoisotopic (exact) mass is 277 g/mol. The van der Waals surface area contributed by atoms with Gasteiger partial charge in [0.2, 0.25) is 0 Å². The molecule has 0 aromatic heterocycles. The first-order valence-corrected chi connectivity index (χ1v) is 5.48. The van der Waals surface area contributed by atoms with Crippen molar-refractivity contribution in [2.24, 2.45) is 0 Å². The van der Waals surface area contributed by atoms with Gasteiger partial charge in [-0.05, 0) is 6.07 Å². The number of nitrogens with zero attached hydrogens (tertiary/aromatic N) is 2. The SMILES string of the molecule is CNc1cc(N(C)CCC(F)(F)F)cc([N+](=O)[O-])c1. The third-order valence-electron chi connectivity index (χ3n) is 2.57. The van der Waals surface area contributed by atoms with Crippen LogP contribution in [0, 0.1) is 10.1 Å². The molecule has 8 heteroatoms. The number of hydrogen-bond acceptors (Lipinski definition) is 4. The van der Waals surface area contributed by atoms with Crippen molar-refractivity contribution < 1.29 is 18.1 Å².